The zero-order valence-corrected chi connectivity index (χ0v) is 15.1. The summed E-state index contributed by atoms with van der Waals surface area (Å²) in [4.78, 5) is 13.8. The maximum absolute atomic E-state index is 12.8. The van der Waals surface area contributed by atoms with E-state index >= 15 is 0 Å². The monoisotopic (exact) mass is 382 g/mol. The van der Waals surface area contributed by atoms with Crippen LogP contribution < -0.4 is 14.6 Å². The number of benzene rings is 2. The number of amides is 1. The summed E-state index contributed by atoms with van der Waals surface area (Å²) < 4.78 is 46.4. The minimum Gasteiger partial charge on any atom is -0.496 e. The normalized spacial score (nSPS) is 11.1. The van der Waals surface area contributed by atoms with Crippen molar-refractivity contribution in [3.05, 3.63) is 53.8 Å². The average molecular weight is 382 g/mol. The first-order valence-corrected chi connectivity index (χ1v) is 9.11. The van der Waals surface area contributed by atoms with Crippen LogP contribution >= 0.6 is 0 Å². The van der Waals surface area contributed by atoms with Crippen molar-refractivity contribution in [1.82, 2.24) is 4.90 Å². The molecule has 0 aliphatic heterocycles. The van der Waals surface area contributed by atoms with Crippen LogP contribution in [-0.4, -0.2) is 46.5 Å². The molecule has 0 heterocycles. The zero-order valence-electron chi connectivity index (χ0n) is 14.3. The van der Waals surface area contributed by atoms with E-state index in [1.54, 1.807) is 7.05 Å². The van der Waals surface area contributed by atoms with Crippen molar-refractivity contribution in [2.45, 2.75) is 4.90 Å². The summed E-state index contributed by atoms with van der Waals surface area (Å²) in [7, 11) is -1.03. The van der Waals surface area contributed by atoms with Crippen molar-refractivity contribution in [3.8, 4) is 11.5 Å². The number of rotatable bonds is 7. The molecular formula is C17H19FN2O5S. The fourth-order valence-electron chi connectivity index (χ4n) is 2.17. The maximum Gasteiger partial charge on any atom is 0.257 e. The molecule has 0 aliphatic rings. The second kappa shape index (κ2) is 8.15. The molecule has 0 radical (unpaired) electrons. The second-order valence-electron chi connectivity index (χ2n) is 5.44. The predicted octanol–water partition coefficient (Wildman–Crippen LogP) is 1.63. The summed E-state index contributed by atoms with van der Waals surface area (Å²) in [6, 6.07) is 9.32. The van der Waals surface area contributed by atoms with Gasteiger partial charge < -0.3 is 14.4 Å². The molecule has 26 heavy (non-hydrogen) atoms. The summed E-state index contributed by atoms with van der Waals surface area (Å²) in [6.07, 6.45) is 0. The maximum atomic E-state index is 12.8. The summed E-state index contributed by atoms with van der Waals surface area (Å²) in [5.41, 5.74) is 0.0725. The highest BCUT2D eigenvalue weighted by Gasteiger charge is 2.20. The van der Waals surface area contributed by atoms with Gasteiger partial charge in [0.2, 0.25) is 10.0 Å². The molecule has 0 fully saturated rings. The molecule has 2 rings (SSSR count). The van der Waals surface area contributed by atoms with Gasteiger partial charge in [-0.05, 0) is 42.5 Å². The number of nitrogens with zero attached hydrogens (tertiary/aromatic N) is 1. The average Bonchev–Trinajstić information content (AvgIpc) is 2.61. The largest absolute Gasteiger partial charge is 0.496 e. The van der Waals surface area contributed by atoms with Gasteiger partial charge in [0.25, 0.3) is 5.91 Å². The molecule has 0 saturated carbocycles. The van der Waals surface area contributed by atoms with E-state index in [1.807, 2.05) is 0 Å². The van der Waals surface area contributed by atoms with E-state index in [1.165, 1.54) is 54.5 Å². The molecule has 0 unspecified atom stereocenters. The molecule has 0 spiro atoms. The van der Waals surface area contributed by atoms with Crippen LogP contribution in [0.5, 0.6) is 11.5 Å². The van der Waals surface area contributed by atoms with Crippen LogP contribution in [0.15, 0.2) is 47.4 Å². The number of nitrogens with two attached hydrogens (primary N) is 1. The number of carbonyl (C=O) groups is 1. The Balaban J connectivity index is 2.08. The number of hydrogen-bond acceptors (Lipinski definition) is 5. The highest BCUT2D eigenvalue weighted by Crippen LogP contribution is 2.23. The van der Waals surface area contributed by atoms with Crippen molar-refractivity contribution < 1.29 is 27.1 Å². The number of ether oxygens (including phenoxy) is 2. The Hall–Kier alpha value is -2.65. The lowest BCUT2D eigenvalue weighted by atomic mass is 10.1. The van der Waals surface area contributed by atoms with Gasteiger partial charge in [-0.3, -0.25) is 4.79 Å². The highest BCUT2D eigenvalue weighted by molar-refractivity contribution is 7.89. The van der Waals surface area contributed by atoms with E-state index in [4.69, 9.17) is 14.6 Å². The van der Waals surface area contributed by atoms with Crippen LogP contribution in [0.25, 0.3) is 0 Å². The molecule has 0 saturated heterocycles. The van der Waals surface area contributed by atoms with E-state index in [-0.39, 0.29) is 35.2 Å². The molecule has 1 amide bonds. The Morgan fingerprint density at radius 3 is 2.42 bits per heavy atom. The van der Waals surface area contributed by atoms with Crippen LogP contribution in [0.1, 0.15) is 10.4 Å². The van der Waals surface area contributed by atoms with Crippen LogP contribution in [0.2, 0.25) is 0 Å². The van der Waals surface area contributed by atoms with E-state index in [0.29, 0.717) is 5.75 Å². The van der Waals surface area contributed by atoms with Gasteiger partial charge >= 0.3 is 0 Å². The number of hydrogen-bond donors (Lipinski definition) is 1. The third-order valence-corrected chi connectivity index (χ3v) is 4.50. The van der Waals surface area contributed by atoms with Gasteiger partial charge in [0.1, 0.15) is 23.9 Å². The second-order valence-corrected chi connectivity index (χ2v) is 7.00. The predicted molar refractivity (Wildman–Crippen MR) is 93.2 cm³/mol. The lowest BCUT2D eigenvalue weighted by Gasteiger charge is -2.19. The number of primary sulfonamides is 1. The van der Waals surface area contributed by atoms with Crippen molar-refractivity contribution in [3.63, 3.8) is 0 Å². The van der Waals surface area contributed by atoms with Crippen molar-refractivity contribution in [1.29, 1.82) is 0 Å². The molecule has 0 bridgehead atoms. The first-order valence-electron chi connectivity index (χ1n) is 7.57. The Kier molecular flexibility index (Phi) is 6.17. The fraction of sp³-hybridized carbons (Fsp3) is 0.235. The van der Waals surface area contributed by atoms with E-state index in [9.17, 15) is 17.6 Å². The van der Waals surface area contributed by atoms with Crippen molar-refractivity contribution in [2.24, 2.45) is 5.14 Å². The summed E-state index contributed by atoms with van der Waals surface area (Å²) >= 11 is 0. The highest BCUT2D eigenvalue weighted by atomic mass is 32.2. The molecule has 2 aromatic rings. The quantitative estimate of drug-likeness (QED) is 0.785. The van der Waals surface area contributed by atoms with Crippen LogP contribution in [-0.2, 0) is 10.0 Å². The Labute approximate surface area is 151 Å². The van der Waals surface area contributed by atoms with Gasteiger partial charge in [0.05, 0.1) is 24.1 Å². The van der Waals surface area contributed by atoms with Crippen molar-refractivity contribution in [2.75, 3.05) is 27.3 Å². The van der Waals surface area contributed by atoms with E-state index in [2.05, 4.69) is 0 Å². The molecule has 7 nitrogen and oxygen atoms in total. The molecular weight excluding hydrogens is 363 g/mol. The minimum atomic E-state index is -3.95. The number of methoxy groups -OCH3 is 1. The van der Waals surface area contributed by atoms with Crippen LogP contribution in [0, 0.1) is 5.82 Å². The van der Waals surface area contributed by atoms with Crippen LogP contribution in [0.4, 0.5) is 4.39 Å². The summed E-state index contributed by atoms with van der Waals surface area (Å²) in [6.45, 7) is 0.393. The Morgan fingerprint density at radius 2 is 1.85 bits per heavy atom. The minimum absolute atomic E-state index is 0.0725. The van der Waals surface area contributed by atoms with Crippen molar-refractivity contribution >= 4 is 15.9 Å². The molecule has 140 valence electrons. The SMILES string of the molecule is COc1ccc(S(N)(=O)=O)cc1C(=O)N(C)CCOc1ccc(F)cc1. The summed E-state index contributed by atoms with van der Waals surface area (Å²) in [5.74, 6) is -0.115. The van der Waals surface area contributed by atoms with Gasteiger partial charge in [0.15, 0.2) is 0 Å². The first kappa shape index (κ1) is 19.7. The molecule has 2 aromatic carbocycles. The molecule has 0 atom stereocenters. The van der Waals surface area contributed by atoms with Gasteiger partial charge in [-0.15, -0.1) is 0 Å². The topological polar surface area (TPSA) is 98.9 Å². The van der Waals surface area contributed by atoms with Gasteiger partial charge in [-0.1, -0.05) is 0 Å². The number of likely N-dealkylation sites (N-methyl/N-ethyl adjacent to an activating group) is 1. The lowest BCUT2D eigenvalue weighted by molar-refractivity contribution is 0.0770. The smallest absolute Gasteiger partial charge is 0.257 e. The van der Waals surface area contributed by atoms with Crippen LogP contribution in [0.3, 0.4) is 0 Å². The fourth-order valence-corrected chi connectivity index (χ4v) is 2.71. The third kappa shape index (κ3) is 4.93. The van der Waals surface area contributed by atoms with Gasteiger partial charge in [-0.2, -0.15) is 0 Å². The molecule has 2 N–H and O–H groups in total. The molecule has 0 aliphatic carbocycles. The zero-order chi connectivity index (χ0) is 19.3. The lowest BCUT2D eigenvalue weighted by Crippen LogP contribution is -2.31. The van der Waals surface area contributed by atoms with Gasteiger partial charge in [0, 0.05) is 7.05 Å². The summed E-state index contributed by atoms with van der Waals surface area (Å²) in [5, 5.41) is 5.11. The van der Waals surface area contributed by atoms with Gasteiger partial charge in [-0.25, -0.2) is 17.9 Å². The number of carbonyl (C=O) groups excluding carboxylic acids is 1. The molecule has 9 heteroatoms. The Bertz CT molecular complexity index is 885. The number of sulfonamides is 1. The first-order chi connectivity index (χ1) is 12.2. The third-order valence-electron chi connectivity index (χ3n) is 3.59. The Morgan fingerprint density at radius 1 is 1.19 bits per heavy atom. The van der Waals surface area contributed by atoms with E-state index < -0.39 is 15.9 Å². The van der Waals surface area contributed by atoms with E-state index in [0.717, 1.165) is 0 Å². The molecule has 0 aromatic heterocycles. The number of halogens is 1. The standard InChI is InChI=1S/C17H19FN2O5S/c1-20(9-10-25-13-5-3-12(18)4-6-13)17(21)15-11-14(26(19,22)23)7-8-16(15)24-2/h3-8,11H,9-10H2,1-2H3,(H2,19,22,23).